The van der Waals surface area contributed by atoms with E-state index in [1.807, 2.05) is 42.6 Å². The lowest BCUT2D eigenvalue weighted by Crippen LogP contribution is -2.40. The first kappa shape index (κ1) is 20.5. The summed E-state index contributed by atoms with van der Waals surface area (Å²) in [5.41, 5.74) is 2.91. The highest BCUT2D eigenvalue weighted by Crippen LogP contribution is 2.65. The number of carbonyl (C=O) groups excluding carboxylic acids is 2. The molecule has 3 aromatic rings. The number of hydrazone groups is 1. The molecule has 5 aliphatic rings. The van der Waals surface area contributed by atoms with Gasteiger partial charge in [0, 0.05) is 29.2 Å². The minimum absolute atomic E-state index is 0.143. The smallest absolute Gasteiger partial charge is 0.254 e. The van der Waals surface area contributed by atoms with Gasteiger partial charge in [-0.25, -0.2) is 0 Å². The van der Waals surface area contributed by atoms with Crippen LogP contribution in [0.25, 0.3) is 10.9 Å². The summed E-state index contributed by atoms with van der Waals surface area (Å²) in [5, 5.41) is 7.63. The van der Waals surface area contributed by atoms with Gasteiger partial charge in [0.25, 0.3) is 11.8 Å². The third kappa shape index (κ3) is 2.90. The largest absolute Gasteiger partial charge is 0.342 e. The van der Waals surface area contributed by atoms with E-state index in [0.717, 1.165) is 33.5 Å². The molecule has 2 amide bonds. The molecular formula is C27H21Cl2N3O2. The van der Waals surface area contributed by atoms with Crippen molar-refractivity contribution in [1.29, 1.82) is 0 Å². The molecule has 34 heavy (non-hydrogen) atoms. The molecule has 0 N–H and O–H groups in total. The first-order valence-electron chi connectivity index (χ1n) is 11.6. The first-order chi connectivity index (χ1) is 16.5. The van der Waals surface area contributed by atoms with Crippen molar-refractivity contribution in [3.05, 3.63) is 82.0 Å². The van der Waals surface area contributed by atoms with Gasteiger partial charge < -0.3 is 4.57 Å². The number of para-hydroxylation sites is 1. The number of aromatic nitrogens is 1. The maximum absolute atomic E-state index is 13.2. The first-order valence-corrected chi connectivity index (χ1v) is 12.4. The number of hydrogen-bond acceptors (Lipinski definition) is 3. The molecule has 170 valence electrons. The second-order valence-electron chi connectivity index (χ2n) is 9.87. The zero-order valence-corrected chi connectivity index (χ0v) is 19.7. The molecule has 0 radical (unpaired) electrons. The third-order valence-corrected chi connectivity index (χ3v) is 8.85. The molecule has 0 unspecified atom stereocenters. The molecule has 4 aliphatic carbocycles. The lowest BCUT2D eigenvalue weighted by atomic mass is 9.63. The molecule has 1 aliphatic heterocycles. The number of fused-ring (bicyclic) bond motifs is 1. The molecule has 1 aromatic heterocycles. The summed E-state index contributed by atoms with van der Waals surface area (Å²) in [6.07, 6.45) is 9.15. The standard InChI is InChI=1S/C27H21Cl2N3O2/c28-21-8-5-14(9-22(21)29)12-31-13-15(16-3-1-2-4-23(16)31)11-30-32-26(33)24-17-6-7-18(20-10-19(17)20)25(24)27(32)34/h1-9,11,13,17-20,24-25H,10,12H2/b30-11+/t17-,18-,19-,20-,24+,25+/m1/s1. The number of imide groups is 1. The van der Waals surface area contributed by atoms with Crippen molar-refractivity contribution in [1.82, 2.24) is 9.58 Å². The van der Waals surface area contributed by atoms with E-state index in [-0.39, 0.29) is 35.5 Å². The second-order valence-corrected chi connectivity index (χ2v) is 10.7. The van der Waals surface area contributed by atoms with Crippen molar-refractivity contribution >= 4 is 52.1 Å². The van der Waals surface area contributed by atoms with Crippen LogP contribution in [0.4, 0.5) is 0 Å². The topological polar surface area (TPSA) is 54.7 Å². The summed E-state index contributed by atoms with van der Waals surface area (Å²) < 4.78 is 2.11. The summed E-state index contributed by atoms with van der Waals surface area (Å²) in [4.78, 5) is 26.4. The van der Waals surface area contributed by atoms with E-state index >= 15 is 0 Å². The Hall–Kier alpha value is -2.89. The fourth-order valence-corrected chi connectivity index (χ4v) is 6.84. The Morgan fingerprint density at radius 3 is 2.35 bits per heavy atom. The van der Waals surface area contributed by atoms with E-state index in [1.165, 1.54) is 0 Å². The number of carbonyl (C=O) groups is 2. The van der Waals surface area contributed by atoms with Gasteiger partial charge in [-0.15, -0.1) is 0 Å². The molecule has 7 heteroatoms. The number of hydrogen-bond donors (Lipinski definition) is 0. The number of benzene rings is 2. The summed E-state index contributed by atoms with van der Waals surface area (Å²) in [6.45, 7) is 0.606. The molecule has 3 fully saturated rings. The van der Waals surface area contributed by atoms with Gasteiger partial charge in [-0.05, 0) is 53.9 Å². The Morgan fingerprint density at radius 2 is 1.65 bits per heavy atom. The molecular weight excluding hydrogens is 469 g/mol. The lowest BCUT2D eigenvalue weighted by Gasteiger charge is -2.37. The molecule has 0 spiro atoms. The van der Waals surface area contributed by atoms with Gasteiger partial charge in [-0.1, -0.05) is 59.6 Å². The Kier molecular flexibility index (Phi) is 4.40. The van der Waals surface area contributed by atoms with Gasteiger partial charge in [0.1, 0.15) is 0 Å². The zero-order chi connectivity index (χ0) is 23.1. The Morgan fingerprint density at radius 1 is 0.941 bits per heavy atom. The average molecular weight is 490 g/mol. The van der Waals surface area contributed by atoms with E-state index in [4.69, 9.17) is 23.2 Å². The van der Waals surface area contributed by atoms with Crippen molar-refractivity contribution in [2.75, 3.05) is 0 Å². The minimum atomic E-state index is -0.237. The van der Waals surface area contributed by atoms with Crippen molar-refractivity contribution in [2.45, 2.75) is 13.0 Å². The number of amides is 2. The quantitative estimate of drug-likeness (QED) is 0.280. The number of nitrogens with zero attached hydrogens (tertiary/aromatic N) is 3. The van der Waals surface area contributed by atoms with Crippen LogP contribution >= 0.6 is 23.2 Å². The minimum Gasteiger partial charge on any atom is -0.342 e. The molecule has 2 saturated carbocycles. The molecule has 2 heterocycles. The fourth-order valence-electron chi connectivity index (χ4n) is 6.52. The van der Waals surface area contributed by atoms with Crippen LogP contribution < -0.4 is 0 Å². The van der Waals surface area contributed by atoms with E-state index in [2.05, 4.69) is 21.8 Å². The predicted octanol–water partition coefficient (Wildman–Crippen LogP) is 5.38. The Labute approximate surface area is 206 Å². The van der Waals surface area contributed by atoms with Crippen LogP contribution in [0, 0.1) is 35.5 Å². The predicted molar refractivity (Wildman–Crippen MR) is 132 cm³/mol. The van der Waals surface area contributed by atoms with Gasteiger partial charge in [0.15, 0.2) is 0 Å². The van der Waals surface area contributed by atoms with Crippen molar-refractivity contribution < 1.29 is 9.59 Å². The van der Waals surface area contributed by atoms with E-state index in [1.54, 1.807) is 12.3 Å². The third-order valence-electron chi connectivity index (χ3n) is 8.11. The van der Waals surface area contributed by atoms with Crippen molar-refractivity contribution in [3.63, 3.8) is 0 Å². The Bertz CT molecular complexity index is 1400. The number of allylic oxidation sites excluding steroid dienone is 2. The summed E-state index contributed by atoms with van der Waals surface area (Å²) in [5.74, 6) is 0.798. The van der Waals surface area contributed by atoms with Gasteiger partial charge in [0.2, 0.25) is 0 Å². The Balaban J connectivity index is 1.20. The van der Waals surface area contributed by atoms with Crippen LogP contribution in [0.2, 0.25) is 10.0 Å². The van der Waals surface area contributed by atoms with Crippen LogP contribution in [0.3, 0.4) is 0 Å². The van der Waals surface area contributed by atoms with Crippen LogP contribution in [0.1, 0.15) is 17.5 Å². The highest BCUT2D eigenvalue weighted by Gasteiger charge is 2.67. The number of rotatable bonds is 4. The van der Waals surface area contributed by atoms with Crippen LogP contribution in [0.5, 0.6) is 0 Å². The van der Waals surface area contributed by atoms with Gasteiger partial charge in [-0.2, -0.15) is 10.1 Å². The molecule has 6 atom stereocenters. The van der Waals surface area contributed by atoms with Crippen molar-refractivity contribution in [2.24, 2.45) is 40.6 Å². The fraction of sp³-hybridized carbons (Fsp3) is 0.296. The molecule has 5 nitrogen and oxygen atoms in total. The molecule has 2 aromatic carbocycles. The van der Waals surface area contributed by atoms with Crippen LogP contribution in [-0.4, -0.2) is 27.6 Å². The molecule has 1 saturated heterocycles. The number of halogens is 2. The second kappa shape index (κ2) is 7.30. The normalized spacial score (nSPS) is 31.1. The zero-order valence-electron chi connectivity index (χ0n) is 18.1. The maximum atomic E-state index is 13.2. The van der Waals surface area contributed by atoms with E-state index in [9.17, 15) is 9.59 Å². The van der Waals surface area contributed by atoms with Gasteiger partial charge in [-0.3, -0.25) is 9.59 Å². The van der Waals surface area contributed by atoms with Crippen molar-refractivity contribution in [3.8, 4) is 0 Å². The lowest BCUT2D eigenvalue weighted by molar-refractivity contribution is -0.140. The SMILES string of the molecule is O=C1[C@H]2[C@@H]3C=C[C@H]([C@H]4C[C@H]34)[C@@H]2C(=O)N1/N=C/c1cn(Cc2ccc(Cl)c(Cl)c2)c2ccccc12. The molecule has 2 bridgehead atoms. The average Bonchev–Trinajstić information content (AvgIpc) is 3.55. The van der Waals surface area contributed by atoms with E-state index < -0.39 is 0 Å². The highest BCUT2D eigenvalue weighted by atomic mass is 35.5. The van der Waals surface area contributed by atoms with E-state index in [0.29, 0.717) is 28.4 Å². The van der Waals surface area contributed by atoms with Crippen LogP contribution in [0.15, 0.2) is 65.9 Å². The highest BCUT2D eigenvalue weighted by molar-refractivity contribution is 6.42. The summed E-state index contributed by atoms with van der Waals surface area (Å²) in [7, 11) is 0. The maximum Gasteiger partial charge on any atom is 0.254 e. The van der Waals surface area contributed by atoms with Gasteiger partial charge in [0.05, 0.1) is 28.1 Å². The van der Waals surface area contributed by atoms with Gasteiger partial charge >= 0.3 is 0 Å². The summed E-state index contributed by atoms with van der Waals surface area (Å²) in [6, 6.07) is 13.6. The summed E-state index contributed by atoms with van der Waals surface area (Å²) >= 11 is 12.3. The van der Waals surface area contributed by atoms with Crippen LogP contribution in [-0.2, 0) is 16.1 Å². The molecule has 8 rings (SSSR count). The monoisotopic (exact) mass is 489 g/mol.